The van der Waals surface area contributed by atoms with E-state index < -0.39 is 0 Å². The minimum absolute atomic E-state index is 0.206. The largest absolute Gasteiger partial charge is 0.376 e. The van der Waals surface area contributed by atoms with Crippen molar-refractivity contribution in [1.82, 2.24) is 0 Å². The molecule has 0 bridgehead atoms. The first kappa shape index (κ1) is 15.8. The second-order valence-corrected chi connectivity index (χ2v) is 7.99. The highest BCUT2D eigenvalue weighted by molar-refractivity contribution is 6.92. The van der Waals surface area contributed by atoms with Gasteiger partial charge in [0.2, 0.25) is 0 Å². The van der Waals surface area contributed by atoms with Crippen molar-refractivity contribution in [1.29, 1.82) is 0 Å². The molecule has 2 aliphatic heterocycles. The first-order valence-electron chi connectivity index (χ1n) is 9.91. The van der Waals surface area contributed by atoms with Gasteiger partial charge in [-0.1, -0.05) is 71.8 Å². The Morgan fingerprint density at radius 1 is 0.536 bits per heavy atom. The van der Waals surface area contributed by atoms with E-state index in [2.05, 4.69) is 104 Å². The number of fused-ring (bicyclic) bond motifs is 11. The lowest BCUT2D eigenvalue weighted by molar-refractivity contribution is 1.32. The lowest BCUT2D eigenvalue weighted by atomic mass is 9.43. The van der Waals surface area contributed by atoms with Crippen molar-refractivity contribution in [2.24, 2.45) is 0 Å². The van der Waals surface area contributed by atoms with E-state index in [9.17, 15) is 0 Å². The zero-order chi connectivity index (χ0) is 18.8. The predicted octanol–water partition coefficient (Wildman–Crippen LogP) is 5.21. The molecule has 0 saturated heterocycles. The molecule has 4 aromatic carbocycles. The molecule has 2 heterocycles. The highest BCUT2D eigenvalue weighted by atomic mass is 15.1. The summed E-state index contributed by atoms with van der Waals surface area (Å²) < 4.78 is 0. The van der Waals surface area contributed by atoms with Crippen molar-refractivity contribution >= 4 is 29.1 Å². The molecular weight excluding hydrogens is 337 g/mol. The lowest BCUT2D eigenvalue weighted by Crippen LogP contribution is -2.59. The van der Waals surface area contributed by atoms with E-state index in [1.54, 1.807) is 0 Å². The summed E-state index contributed by atoms with van der Waals surface area (Å²) >= 11 is 0. The van der Waals surface area contributed by atoms with Crippen LogP contribution in [0.2, 0.25) is 0 Å². The normalized spacial score (nSPS) is 13.2. The van der Waals surface area contributed by atoms with Crippen molar-refractivity contribution in [3.63, 3.8) is 0 Å². The zero-order valence-corrected chi connectivity index (χ0v) is 16.1. The van der Waals surface area contributed by atoms with Gasteiger partial charge in [0.05, 0.1) is 0 Å². The van der Waals surface area contributed by atoms with Gasteiger partial charge < -0.3 is 4.81 Å². The van der Waals surface area contributed by atoms with Crippen LogP contribution in [-0.4, -0.2) is 6.85 Å². The first-order chi connectivity index (χ1) is 13.7. The summed E-state index contributed by atoms with van der Waals surface area (Å²) in [6, 6.07) is 31.5. The van der Waals surface area contributed by atoms with Crippen LogP contribution < -0.4 is 15.7 Å². The minimum Gasteiger partial charge on any atom is -0.376 e. The molecule has 0 radical (unpaired) electrons. The highest BCUT2D eigenvalue weighted by Gasteiger charge is 2.41. The van der Waals surface area contributed by atoms with Crippen LogP contribution in [0.4, 0.5) is 11.4 Å². The van der Waals surface area contributed by atoms with Crippen LogP contribution in [0, 0.1) is 13.8 Å². The Balaban J connectivity index is 1.76. The fraction of sp³-hybridized carbons (Fsp3) is 0.0769. The Hall–Kier alpha value is -3.26. The number of rotatable bonds is 0. The van der Waals surface area contributed by atoms with Gasteiger partial charge in [-0.05, 0) is 60.2 Å². The molecule has 0 spiro atoms. The summed E-state index contributed by atoms with van der Waals surface area (Å²) in [6.45, 7) is 4.56. The molecule has 6 rings (SSSR count). The molecule has 28 heavy (non-hydrogen) atoms. The van der Waals surface area contributed by atoms with Gasteiger partial charge in [0, 0.05) is 22.5 Å². The molecule has 132 valence electrons. The number of hydrogen-bond donors (Lipinski definition) is 0. The summed E-state index contributed by atoms with van der Waals surface area (Å²) in [5.74, 6) is 0. The fourth-order valence-corrected chi connectivity index (χ4v) is 4.97. The van der Waals surface area contributed by atoms with Gasteiger partial charge in [-0.15, -0.1) is 0 Å². The average molecular weight is 357 g/mol. The molecule has 0 N–H and O–H groups in total. The Labute approximate surface area is 166 Å². The van der Waals surface area contributed by atoms with Crippen LogP contribution in [0.3, 0.4) is 0 Å². The SMILES string of the molecule is Cc1ccc2c(c1)-c1ccccc1B1c3ccccc3-c3cc(C)ccc3N12. The third kappa shape index (κ3) is 2.03. The summed E-state index contributed by atoms with van der Waals surface area (Å²) in [5, 5.41) is 0. The second kappa shape index (κ2) is 5.62. The molecular formula is C26H20BN. The smallest absolute Gasteiger partial charge is 0.329 e. The van der Waals surface area contributed by atoms with Crippen LogP contribution in [0.25, 0.3) is 22.3 Å². The van der Waals surface area contributed by atoms with Gasteiger partial charge in [0.15, 0.2) is 0 Å². The van der Waals surface area contributed by atoms with Gasteiger partial charge in [-0.3, -0.25) is 0 Å². The maximum atomic E-state index is 2.55. The highest BCUT2D eigenvalue weighted by Crippen LogP contribution is 2.45. The van der Waals surface area contributed by atoms with Gasteiger partial charge in [0.25, 0.3) is 0 Å². The van der Waals surface area contributed by atoms with Crippen molar-refractivity contribution in [2.45, 2.75) is 13.8 Å². The topological polar surface area (TPSA) is 3.24 Å². The lowest BCUT2D eigenvalue weighted by Gasteiger charge is -2.43. The monoisotopic (exact) mass is 357 g/mol. The summed E-state index contributed by atoms with van der Waals surface area (Å²) in [5.41, 5.74) is 13.3. The third-order valence-electron chi connectivity index (χ3n) is 6.17. The van der Waals surface area contributed by atoms with Crippen molar-refractivity contribution in [3.05, 3.63) is 96.1 Å². The molecule has 0 aromatic heterocycles. The van der Waals surface area contributed by atoms with E-state index in [0.717, 1.165) is 0 Å². The van der Waals surface area contributed by atoms with Crippen molar-refractivity contribution in [3.8, 4) is 22.3 Å². The standard InChI is InChI=1S/C26H20BN/c1-17-11-13-25-21(15-17)19-7-3-5-9-23(19)27-24-10-6-4-8-20(24)22-16-18(2)12-14-26(22)28(25)27/h3-16H,1-2H3. The Morgan fingerprint density at radius 2 is 1.00 bits per heavy atom. The molecule has 0 saturated carbocycles. The number of anilines is 2. The van der Waals surface area contributed by atoms with Crippen LogP contribution in [0.1, 0.15) is 11.1 Å². The zero-order valence-electron chi connectivity index (χ0n) is 16.1. The maximum absolute atomic E-state index is 2.55. The van der Waals surface area contributed by atoms with Crippen LogP contribution in [0.5, 0.6) is 0 Å². The fourth-order valence-electron chi connectivity index (χ4n) is 4.97. The van der Waals surface area contributed by atoms with Crippen molar-refractivity contribution < 1.29 is 0 Å². The minimum atomic E-state index is 0.206. The summed E-state index contributed by atoms with van der Waals surface area (Å²) in [7, 11) is 0. The van der Waals surface area contributed by atoms with Gasteiger partial charge in [-0.2, -0.15) is 0 Å². The number of hydrogen-bond acceptors (Lipinski definition) is 1. The first-order valence-corrected chi connectivity index (χ1v) is 9.91. The third-order valence-corrected chi connectivity index (χ3v) is 6.17. The molecule has 0 amide bonds. The molecule has 1 nitrogen and oxygen atoms in total. The number of benzene rings is 4. The summed E-state index contributed by atoms with van der Waals surface area (Å²) in [4.78, 5) is 2.55. The van der Waals surface area contributed by atoms with Gasteiger partial charge in [-0.25, -0.2) is 0 Å². The average Bonchev–Trinajstić information content (AvgIpc) is 2.73. The Kier molecular flexibility index (Phi) is 3.17. The van der Waals surface area contributed by atoms with Crippen molar-refractivity contribution in [2.75, 3.05) is 4.81 Å². The van der Waals surface area contributed by atoms with E-state index in [-0.39, 0.29) is 6.85 Å². The molecule has 0 fully saturated rings. The molecule has 0 atom stereocenters. The van der Waals surface area contributed by atoms with E-state index >= 15 is 0 Å². The molecule has 2 heteroatoms. The quantitative estimate of drug-likeness (QED) is 0.391. The van der Waals surface area contributed by atoms with Crippen LogP contribution >= 0.6 is 0 Å². The van der Waals surface area contributed by atoms with E-state index in [0.29, 0.717) is 0 Å². The maximum Gasteiger partial charge on any atom is 0.329 e. The van der Waals surface area contributed by atoms with Crippen LogP contribution in [-0.2, 0) is 0 Å². The number of nitrogens with zero attached hydrogens (tertiary/aromatic N) is 1. The predicted molar refractivity (Wildman–Crippen MR) is 120 cm³/mol. The number of aryl methyl sites for hydroxylation is 2. The molecule has 0 unspecified atom stereocenters. The molecule has 0 aliphatic carbocycles. The second-order valence-electron chi connectivity index (χ2n) is 7.99. The Bertz CT molecular complexity index is 1160. The Morgan fingerprint density at radius 3 is 1.50 bits per heavy atom. The van der Waals surface area contributed by atoms with E-state index in [4.69, 9.17) is 0 Å². The van der Waals surface area contributed by atoms with Crippen LogP contribution in [0.15, 0.2) is 84.9 Å². The van der Waals surface area contributed by atoms with Gasteiger partial charge >= 0.3 is 6.85 Å². The molecule has 2 aliphatic rings. The summed E-state index contributed by atoms with van der Waals surface area (Å²) in [6.07, 6.45) is 0. The molecule has 4 aromatic rings. The van der Waals surface area contributed by atoms with E-state index in [1.165, 1.54) is 55.7 Å². The van der Waals surface area contributed by atoms with Gasteiger partial charge in [0.1, 0.15) is 0 Å². The van der Waals surface area contributed by atoms with E-state index in [1.807, 2.05) is 0 Å².